The van der Waals surface area contributed by atoms with E-state index in [1.54, 1.807) is 41.8 Å². The number of aliphatic hydroxyl groups is 1. The van der Waals surface area contributed by atoms with Crippen LogP contribution in [0.1, 0.15) is 35.7 Å². The number of halogens is 3. The second-order valence-electron chi connectivity index (χ2n) is 10.8. The number of nitrogens with zero attached hydrogens (tertiary/aromatic N) is 3. The standard InChI is InChI=1S/C29H33F3N6O3Se/c1-18(39)16-35-26(40)19-6-7-24(41-3)22(13-19)33-9-4-5-20-14-23-25(36-28-8-11-37(2)17-21(28)15-28)34-10-12-38(23)27(20)42-29(30,31)32/h6-7,10,12-14,18,21,33,39H,8-9,11,15-17H2,1-3H3,(H,34,36)(H,35,40). The van der Waals surface area contributed by atoms with Crippen LogP contribution >= 0.6 is 0 Å². The first-order chi connectivity index (χ1) is 20.0. The van der Waals surface area contributed by atoms with Gasteiger partial charge in [0.25, 0.3) is 0 Å². The molecule has 1 aliphatic heterocycles. The van der Waals surface area contributed by atoms with Crippen LogP contribution in [0, 0.1) is 17.8 Å². The number of ether oxygens (including phenoxy) is 1. The first kappa shape index (κ1) is 30.0. The molecule has 0 bridgehead atoms. The van der Waals surface area contributed by atoms with Crippen LogP contribution < -0.4 is 25.3 Å². The molecule has 3 aromatic rings. The number of anilines is 2. The molecule has 1 aromatic carbocycles. The Bertz CT molecular complexity index is 1530. The van der Waals surface area contributed by atoms with Gasteiger partial charge in [-0.1, -0.05) is 0 Å². The number of methoxy groups -OCH3 is 1. The first-order valence-corrected chi connectivity index (χ1v) is 15.3. The number of hydrogen-bond donors (Lipinski definition) is 4. The van der Waals surface area contributed by atoms with Crippen molar-refractivity contribution in [1.82, 2.24) is 19.6 Å². The Morgan fingerprint density at radius 2 is 2.17 bits per heavy atom. The summed E-state index contributed by atoms with van der Waals surface area (Å²) in [6.45, 7) is 3.73. The van der Waals surface area contributed by atoms with E-state index in [9.17, 15) is 23.1 Å². The Hall–Kier alpha value is -3.43. The van der Waals surface area contributed by atoms with Gasteiger partial charge in [0.1, 0.15) is 0 Å². The topological polar surface area (TPSA) is 103 Å². The summed E-state index contributed by atoms with van der Waals surface area (Å²) in [4.78, 5) is 19.2. The van der Waals surface area contributed by atoms with Crippen molar-refractivity contribution in [3.05, 3.63) is 47.8 Å². The molecule has 224 valence electrons. The third-order valence-corrected chi connectivity index (χ3v) is 9.31. The Labute approximate surface area is 248 Å². The van der Waals surface area contributed by atoms with Gasteiger partial charge in [0.15, 0.2) is 0 Å². The molecule has 0 spiro atoms. The fourth-order valence-electron chi connectivity index (χ4n) is 5.32. The second-order valence-corrected chi connectivity index (χ2v) is 13.0. The molecule has 4 N–H and O–H groups in total. The van der Waals surface area contributed by atoms with Crippen molar-refractivity contribution < 1.29 is 27.8 Å². The maximum absolute atomic E-state index is 13.7. The fourth-order valence-corrected chi connectivity index (χ4v) is 6.78. The molecule has 2 aliphatic rings. The summed E-state index contributed by atoms with van der Waals surface area (Å²) in [6, 6.07) is 6.51. The average Bonchev–Trinajstić information content (AvgIpc) is 3.53. The molecule has 3 atom stereocenters. The van der Waals surface area contributed by atoms with E-state index in [0.717, 1.165) is 25.9 Å². The van der Waals surface area contributed by atoms with Gasteiger partial charge in [-0.2, -0.15) is 0 Å². The van der Waals surface area contributed by atoms with Gasteiger partial charge in [-0.15, -0.1) is 0 Å². The molecule has 1 aliphatic carbocycles. The van der Waals surface area contributed by atoms with Crippen LogP contribution in [0.2, 0.25) is 0 Å². The van der Waals surface area contributed by atoms with Crippen LogP contribution in [0.4, 0.5) is 24.7 Å². The van der Waals surface area contributed by atoms with Gasteiger partial charge in [0.05, 0.1) is 6.10 Å². The summed E-state index contributed by atoms with van der Waals surface area (Å²) < 4.78 is 48.0. The summed E-state index contributed by atoms with van der Waals surface area (Å²) in [6.07, 6.45) is 4.39. The van der Waals surface area contributed by atoms with Crippen molar-refractivity contribution in [2.45, 2.75) is 36.5 Å². The number of aliphatic hydroxyl groups excluding tert-OH is 1. The van der Waals surface area contributed by atoms with Crippen molar-refractivity contribution in [3.63, 3.8) is 0 Å². The van der Waals surface area contributed by atoms with E-state index < -0.39 is 26.1 Å². The number of alkyl halides is 3. The van der Waals surface area contributed by atoms with Crippen LogP contribution in [-0.2, 0) is 0 Å². The Kier molecular flexibility index (Phi) is 8.62. The molecule has 2 aromatic heterocycles. The number of rotatable bonds is 9. The molecule has 3 heterocycles. The van der Waals surface area contributed by atoms with Gasteiger partial charge < -0.3 is 5.11 Å². The number of carbonyl (C=O) groups is 1. The van der Waals surface area contributed by atoms with E-state index in [1.165, 1.54) is 13.3 Å². The molecule has 5 rings (SSSR count). The number of hydrogen-bond acceptors (Lipinski definition) is 7. The van der Waals surface area contributed by atoms with Gasteiger partial charge in [-0.25, -0.2) is 0 Å². The molecule has 42 heavy (non-hydrogen) atoms. The Morgan fingerprint density at radius 3 is 2.88 bits per heavy atom. The number of amides is 1. The van der Waals surface area contributed by atoms with Gasteiger partial charge in [0.2, 0.25) is 0 Å². The zero-order chi connectivity index (χ0) is 30.1. The van der Waals surface area contributed by atoms with E-state index in [1.807, 2.05) is 0 Å². The van der Waals surface area contributed by atoms with Crippen LogP contribution in [0.15, 0.2) is 36.7 Å². The molecular weight excluding hydrogens is 616 g/mol. The van der Waals surface area contributed by atoms with Crippen molar-refractivity contribution >= 4 is 42.5 Å². The van der Waals surface area contributed by atoms with E-state index in [4.69, 9.17) is 4.74 Å². The van der Waals surface area contributed by atoms with E-state index in [0.29, 0.717) is 39.8 Å². The predicted octanol–water partition coefficient (Wildman–Crippen LogP) is 2.27. The van der Waals surface area contributed by atoms with Gasteiger partial charge in [0, 0.05) is 0 Å². The number of carbonyl (C=O) groups excluding carboxylic acids is 1. The number of fused-ring (bicyclic) bond motifs is 2. The molecule has 1 saturated heterocycles. The summed E-state index contributed by atoms with van der Waals surface area (Å²) in [5.41, 5.74) is 1.68. The molecule has 2 fully saturated rings. The summed E-state index contributed by atoms with van der Waals surface area (Å²) >= 11 is -1.82. The minimum absolute atomic E-state index is 0.0580. The molecule has 9 nitrogen and oxygen atoms in total. The van der Waals surface area contributed by atoms with Crippen LogP contribution in [0.3, 0.4) is 0 Å². The Morgan fingerprint density at radius 1 is 1.36 bits per heavy atom. The van der Waals surface area contributed by atoms with Gasteiger partial charge in [-0.3, -0.25) is 0 Å². The van der Waals surface area contributed by atoms with Gasteiger partial charge >= 0.3 is 231 Å². The second kappa shape index (κ2) is 12.1. The number of benzene rings is 1. The average molecular weight is 650 g/mol. The van der Waals surface area contributed by atoms with E-state index in [-0.39, 0.29) is 29.1 Å². The number of nitrogens with one attached hydrogen (secondary N) is 3. The van der Waals surface area contributed by atoms with Crippen LogP contribution in [0.25, 0.3) is 5.52 Å². The predicted molar refractivity (Wildman–Crippen MR) is 156 cm³/mol. The van der Waals surface area contributed by atoms with Crippen LogP contribution in [-0.4, -0.2) is 97.3 Å². The van der Waals surface area contributed by atoms with Crippen molar-refractivity contribution in [2.75, 3.05) is 51.0 Å². The molecule has 13 heteroatoms. The Balaban J connectivity index is 1.37. The zero-order valence-corrected chi connectivity index (χ0v) is 25.2. The van der Waals surface area contributed by atoms with E-state index in [2.05, 4.69) is 44.7 Å². The normalized spacial score (nSPS) is 20.7. The number of aromatic nitrogens is 2. The van der Waals surface area contributed by atoms with Crippen molar-refractivity contribution in [3.8, 4) is 17.6 Å². The van der Waals surface area contributed by atoms with Crippen LogP contribution in [0.5, 0.6) is 5.75 Å². The van der Waals surface area contributed by atoms with E-state index >= 15 is 0 Å². The number of piperidine rings is 1. The molecule has 1 saturated carbocycles. The zero-order valence-electron chi connectivity index (χ0n) is 23.5. The fraction of sp³-hybridized carbons (Fsp3) is 0.448. The molecular formula is C29H33F3N6O3Se. The number of likely N-dealkylation sites (tertiary alicyclic amines) is 1. The summed E-state index contributed by atoms with van der Waals surface area (Å²) in [5, 5.41) is 14.4. The molecule has 0 radical (unpaired) electrons. The minimum atomic E-state index is -4.36. The molecule has 3 unspecified atom stereocenters. The third-order valence-electron chi connectivity index (χ3n) is 7.55. The van der Waals surface area contributed by atoms with Crippen molar-refractivity contribution in [2.24, 2.45) is 5.92 Å². The summed E-state index contributed by atoms with van der Waals surface area (Å²) in [5.74, 6) is 7.06. The monoisotopic (exact) mass is 650 g/mol. The summed E-state index contributed by atoms with van der Waals surface area (Å²) in [7, 11) is 3.59. The quantitative estimate of drug-likeness (QED) is 0.209. The van der Waals surface area contributed by atoms with Gasteiger partial charge in [-0.05, 0) is 6.92 Å². The maximum atomic E-state index is 13.7. The third kappa shape index (κ3) is 6.79. The SMILES string of the molecule is COc1ccc(C(=O)NCC(C)O)cc1NCC#Cc1cc2c(NC34CCN(C)CC3C4)nccn2c1[Se]C(F)(F)F. The molecule has 1 amide bonds. The first-order valence-electron chi connectivity index (χ1n) is 13.6. The van der Waals surface area contributed by atoms with Crippen molar-refractivity contribution in [1.29, 1.82) is 0 Å².